The molecule has 0 saturated carbocycles. The van der Waals surface area contributed by atoms with Crippen molar-refractivity contribution in [2.24, 2.45) is 0 Å². The van der Waals surface area contributed by atoms with Crippen LogP contribution < -0.4 is 20.1 Å². The van der Waals surface area contributed by atoms with Crippen LogP contribution in [0, 0.1) is 0 Å². The van der Waals surface area contributed by atoms with Gasteiger partial charge in [-0.05, 0) is 32.9 Å². The molecule has 0 aliphatic rings. The third-order valence-electron chi connectivity index (χ3n) is 2.74. The van der Waals surface area contributed by atoms with E-state index in [0.717, 1.165) is 0 Å². The molecule has 0 bridgehead atoms. The van der Waals surface area contributed by atoms with Crippen LogP contribution in [0.1, 0.15) is 20.8 Å². The van der Waals surface area contributed by atoms with Gasteiger partial charge in [0.1, 0.15) is 0 Å². The first-order valence-electron chi connectivity index (χ1n) is 7.80. The highest BCUT2D eigenvalue weighted by molar-refractivity contribution is 5.73. The van der Waals surface area contributed by atoms with Crippen LogP contribution in [0.4, 0.5) is 4.79 Å². The van der Waals surface area contributed by atoms with Crippen LogP contribution in [0.25, 0.3) is 0 Å². The Morgan fingerprint density at radius 3 is 2.13 bits per heavy atom. The first-order valence-corrected chi connectivity index (χ1v) is 7.80. The van der Waals surface area contributed by atoms with E-state index in [2.05, 4.69) is 10.6 Å². The molecule has 2 amide bonds. The quantitative estimate of drug-likeness (QED) is 0.609. The van der Waals surface area contributed by atoms with E-state index in [1.165, 1.54) is 0 Å². The number of benzene rings is 1. The Kier molecular flexibility index (Phi) is 9.58. The Balaban J connectivity index is 2.31. The zero-order chi connectivity index (χ0) is 16.9. The fourth-order valence-corrected chi connectivity index (χ4v) is 1.80. The number of amides is 2. The Labute approximate surface area is 137 Å². The van der Waals surface area contributed by atoms with Gasteiger partial charge in [0.2, 0.25) is 0 Å². The molecule has 130 valence electrons. The number of hydrogen-bond acceptors (Lipinski definition) is 5. The Hall–Kier alpha value is -1.99. The maximum Gasteiger partial charge on any atom is 0.317 e. The second-order valence-corrected chi connectivity index (χ2v) is 4.40. The van der Waals surface area contributed by atoms with Crippen LogP contribution in [-0.4, -0.2) is 45.4 Å². The van der Waals surface area contributed by atoms with Gasteiger partial charge in [0.15, 0.2) is 24.5 Å². The Morgan fingerprint density at radius 2 is 1.57 bits per heavy atom. The van der Waals surface area contributed by atoms with Crippen LogP contribution in [0.3, 0.4) is 0 Å². The zero-order valence-electron chi connectivity index (χ0n) is 14.0. The first-order chi connectivity index (χ1) is 11.2. The van der Waals surface area contributed by atoms with E-state index in [1.54, 1.807) is 6.07 Å². The van der Waals surface area contributed by atoms with Crippen molar-refractivity contribution >= 4 is 6.03 Å². The molecule has 0 aliphatic heterocycles. The van der Waals surface area contributed by atoms with Gasteiger partial charge in [0.05, 0.1) is 13.2 Å². The molecule has 1 rings (SSSR count). The van der Waals surface area contributed by atoms with E-state index >= 15 is 0 Å². The molecule has 0 fully saturated rings. The number of nitrogens with one attached hydrogen (secondary N) is 2. The summed E-state index contributed by atoms with van der Waals surface area (Å²) in [5.74, 6) is 1.22. The minimum Gasteiger partial charge on any atom is -0.490 e. The van der Waals surface area contributed by atoms with Crippen molar-refractivity contribution in [2.75, 3.05) is 33.1 Å². The molecule has 0 aliphatic carbocycles. The van der Waals surface area contributed by atoms with E-state index in [1.807, 2.05) is 39.0 Å². The number of hydrogen-bond donors (Lipinski definition) is 2. The molecule has 0 aromatic heterocycles. The third kappa shape index (κ3) is 7.71. The summed E-state index contributed by atoms with van der Waals surface area (Å²) < 4.78 is 21.6. The fraction of sp³-hybridized carbons (Fsp3) is 0.562. The first kappa shape index (κ1) is 19.1. The van der Waals surface area contributed by atoms with Gasteiger partial charge < -0.3 is 29.6 Å². The summed E-state index contributed by atoms with van der Waals surface area (Å²) >= 11 is 0. The van der Waals surface area contributed by atoms with Crippen molar-refractivity contribution in [3.8, 4) is 11.5 Å². The molecule has 0 atom stereocenters. The maximum atomic E-state index is 11.7. The summed E-state index contributed by atoms with van der Waals surface area (Å²) in [4.78, 5) is 11.7. The molecule has 0 heterocycles. The lowest BCUT2D eigenvalue weighted by Gasteiger charge is -2.17. The second-order valence-electron chi connectivity index (χ2n) is 4.40. The number of para-hydroxylation sites is 2. The van der Waals surface area contributed by atoms with Crippen molar-refractivity contribution < 1.29 is 23.7 Å². The van der Waals surface area contributed by atoms with E-state index < -0.39 is 6.29 Å². The molecule has 7 heteroatoms. The molecule has 1 aromatic rings. The van der Waals surface area contributed by atoms with Crippen LogP contribution in [-0.2, 0) is 9.47 Å². The SMILES string of the molecule is CCOc1ccccc1OCNC(=O)NCC(OCC)OCC. The number of carbonyl (C=O) groups is 1. The normalized spacial score (nSPS) is 10.4. The third-order valence-corrected chi connectivity index (χ3v) is 2.74. The molecular formula is C16H26N2O5. The molecule has 23 heavy (non-hydrogen) atoms. The van der Waals surface area contributed by atoms with E-state index in [9.17, 15) is 4.79 Å². The van der Waals surface area contributed by atoms with Crippen molar-refractivity contribution in [1.82, 2.24) is 10.6 Å². The van der Waals surface area contributed by atoms with Crippen LogP contribution in [0.5, 0.6) is 11.5 Å². The highest BCUT2D eigenvalue weighted by Gasteiger charge is 2.10. The van der Waals surface area contributed by atoms with E-state index in [4.69, 9.17) is 18.9 Å². The molecule has 0 saturated heterocycles. The molecule has 7 nitrogen and oxygen atoms in total. The van der Waals surface area contributed by atoms with Gasteiger partial charge in [-0.1, -0.05) is 12.1 Å². The van der Waals surface area contributed by atoms with Gasteiger partial charge in [0, 0.05) is 13.2 Å². The summed E-state index contributed by atoms with van der Waals surface area (Å²) in [6, 6.07) is 6.94. The van der Waals surface area contributed by atoms with Crippen LogP contribution in [0.15, 0.2) is 24.3 Å². The summed E-state index contributed by atoms with van der Waals surface area (Å²) in [7, 11) is 0. The number of carbonyl (C=O) groups excluding carboxylic acids is 1. The van der Waals surface area contributed by atoms with E-state index in [-0.39, 0.29) is 19.3 Å². The highest BCUT2D eigenvalue weighted by atomic mass is 16.7. The minimum atomic E-state index is -0.449. The molecule has 0 unspecified atom stereocenters. The minimum absolute atomic E-state index is 0.0316. The lowest BCUT2D eigenvalue weighted by atomic mass is 10.3. The van der Waals surface area contributed by atoms with Crippen LogP contribution >= 0.6 is 0 Å². The average Bonchev–Trinajstić information content (AvgIpc) is 2.55. The summed E-state index contributed by atoms with van der Waals surface area (Å²) in [5.41, 5.74) is 0. The zero-order valence-corrected chi connectivity index (χ0v) is 14.0. The van der Waals surface area contributed by atoms with Crippen molar-refractivity contribution in [2.45, 2.75) is 27.1 Å². The number of rotatable bonds is 11. The smallest absolute Gasteiger partial charge is 0.317 e. The highest BCUT2D eigenvalue weighted by Crippen LogP contribution is 2.25. The summed E-state index contributed by atoms with van der Waals surface area (Å²) in [6.07, 6.45) is -0.449. The van der Waals surface area contributed by atoms with Gasteiger partial charge in [-0.2, -0.15) is 0 Å². The van der Waals surface area contributed by atoms with Gasteiger partial charge in [-0.3, -0.25) is 0 Å². The molecule has 2 N–H and O–H groups in total. The largest absolute Gasteiger partial charge is 0.490 e. The predicted molar refractivity (Wildman–Crippen MR) is 86.7 cm³/mol. The lowest BCUT2D eigenvalue weighted by Crippen LogP contribution is -2.42. The molecular weight excluding hydrogens is 300 g/mol. The Morgan fingerprint density at radius 1 is 0.957 bits per heavy atom. The lowest BCUT2D eigenvalue weighted by molar-refractivity contribution is -0.131. The van der Waals surface area contributed by atoms with Gasteiger partial charge in [-0.25, -0.2) is 4.79 Å². The summed E-state index contributed by atoms with van der Waals surface area (Å²) in [5, 5.41) is 5.27. The van der Waals surface area contributed by atoms with Gasteiger partial charge in [0.25, 0.3) is 0 Å². The van der Waals surface area contributed by atoms with Gasteiger partial charge >= 0.3 is 6.03 Å². The Bertz CT molecular complexity index is 450. The monoisotopic (exact) mass is 326 g/mol. The standard InChI is InChI=1S/C16H26N2O5/c1-4-20-13-9-7-8-10-14(13)23-12-18-16(19)17-11-15(21-5-2)22-6-3/h7-10,15H,4-6,11-12H2,1-3H3,(H2,17,18,19). The van der Waals surface area contributed by atoms with Crippen LogP contribution in [0.2, 0.25) is 0 Å². The second kappa shape index (κ2) is 11.6. The summed E-state index contributed by atoms with van der Waals surface area (Å²) in [6.45, 7) is 7.52. The molecule has 0 spiro atoms. The fourth-order valence-electron chi connectivity index (χ4n) is 1.80. The maximum absolute atomic E-state index is 11.7. The van der Waals surface area contributed by atoms with Crippen molar-refractivity contribution in [3.05, 3.63) is 24.3 Å². The molecule has 1 aromatic carbocycles. The number of ether oxygens (including phenoxy) is 4. The topological polar surface area (TPSA) is 78.1 Å². The van der Waals surface area contributed by atoms with Gasteiger partial charge in [-0.15, -0.1) is 0 Å². The predicted octanol–water partition coefficient (Wildman–Crippen LogP) is 2.12. The van der Waals surface area contributed by atoms with Crippen molar-refractivity contribution in [3.63, 3.8) is 0 Å². The molecule has 0 radical (unpaired) electrons. The van der Waals surface area contributed by atoms with E-state index in [0.29, 0.717) is 31.3 Å². The van der Waals surface area contributed by atoms with Crippen molar-refractivity contribution in [1.29, 1.82) is 0 Å². The number of urea groups is 1. The average molecular weight is 326 g/mol.